The predicted molar refractivity (Wildman–Crippen MR) is 159 cm³/mol. The fourth-order valence-corrected chi connectivity index (χ4v) is 10.0. The molecule has 1 aliphatic carbocycles. The Morgan fingerprint density at radius 1 is 0.811 bits per heavy atom. The van der Waals surface area contributed by atoms with Crippen molar-refractivity contribution < 1.29 is 0 Å². The average Bonchev–Trinajstić information content (AvgIpc) is 3.49. The number of nitrogens with zero attached hydrogens (tertiary/aromatic N) is 3. The third-order valence-corrected chi connectivity index (χ3v) is 12.5. The predicted octanol–water partition coefficient (Wildman–Crippen LogP) is 5.60. The van der Waals surface area contributed by atoms with Crippen LogP contribution in [0, 0.1) is 6.92 Å². The van der Waals surface area contributed by atoms with Crippen molar-refractivity contribution in [3.05, 3.63) is 118 Å². The molecule has 1 fully saturated rings. The summed E-state index contributed by atoms with van der Waals surface area (Å²) in [6, 6.07) is 32.0. The van der Waals surface area contributed by atoms with Gasteiger partial charge >= 0.3 is 0 Å². The summed E-state index contributed by atoms with van der Waals surface area (Å²) in [7, 11) is -2.45. The molecule has 4 nitrogen and oxygen atoms in total. The van der Waals surface area contributed by atoms with Gasteiger partial charge in [-0.3, -0.25) is 9.36 Å². The van der Waals surface area contributed by atoms with Crippen molar-refractivity contribution in [2.75, 3.05) is 0 Å². The molecule has 0 amide bonds. The third-order valence-electron chi connectivity index (χ3n) is 7.54. The largest absolute Gasteiger partial charge is 0.294 e. The summed E-state index contributed by atoms with van der Waals surface area (Å²) in [5, 5.41) is 4.50. The van der Waals surface area contributed by atoms with Crippen LogP contribution in [0.15, 0.2) is 106 Å². The Morgan fingerprint density at radius 3 is 1.78 bits per heavy atom. The van der Waals surface area contributed by atoms with Crippen molar-refractivity contribution in [2.45, 2.75) is 38.6 Å². The van der Waals surface area contributed by atoms with Crippen LogP contribution in [0.4, 0.5) is 0 Å². The minimum Gasteiger partial charge on any atom is -0.288 e. The van der Waals surface area contributed by atoms with Gasteiger partial charge in [-0.15, -0.1) is 0 Å². The lowest BCUT2D eigenvalue weighted by atomic mass is 10.1. The topological polar surface area (TPSA) is 47.8 Å². The molecule has 3 aromatic carbocycles. The standard InChI is InChI=1S/C31H28BrN3OP/c1-22-27-21-33-31(34-29(27)35(30(36)28(22)32)23-13-11-12-14-23)37(24-15-5-2-6-16-24,25-17-7-3-8-18-25)26-19-9-4-10-20-26/h2-10,15-21,23H,11-14H2,1H3/q+1. The van der Waals surface area contributed by atoms with E-state index in [1.54, 1.807) is 0 Å². The molecule has 0 N–H and O–H groups in total. The van der Waals surface area contributed by atoms with Gasteiger partial charge in [-0.1, -0.05) is 67.4 Å². The summed E-state index contributed by atoms with van der Waals surface area (Å²) in [5.41, 5.74) is 2.42. The van der Waals surface area contributed by atoms with E-state index in [4.69, 9.17) is 9.97 Å². The minimum absolute atomic E-state index is 0.00427. The zero-order chi connectivity index (χ0) is 25.4. The van der Waals surface area contributed by atoms with Gasteiger partial charge in [0.1, 0.15) is 15.9 Å². The Bertz CT molecular complexity index is 1520. The van der Waals surface area contributed by atoms with E-state index >= 15 is 0 Å². The Balaban J connectivity index is 1.75. The lowest BCUT2D eigenvalue weighted by Gasteiger charge is -2.26. The van der Waals surface area contributed by atoms with Crippen LogP contribution >= 0.6 is 23.2 Å². The number of benzene rings is 3. The zero-order valence-corrected chi connectivity index (χ0v) is 23.2. The number of halogens is 1. The first-order chi connectivity index (χ1) is 18.1. The Morgan fingerprint density at radius 2 is 1.30 bits per heavy atom. The molecule has 1 saturated carbocycles. The molecule has 5 aromatic rings. The zero-order valence-electron chi connectivity index (χ0n) is 20.7. The number of fused-ring (bicyclic) bond motifs is 1. The summed E-state index contributed by atoms with van der Waals surface area (Å²) in [6.07, 6.45) is 6.21. The Hall–Kier alpha value is -3.14. The van der Waals surface area contributed by atoms with Crippen molar-refractivity contribution >= 4 is 55.7 Å². The molecule has 37 heavy (non-hydrogen) atoms. The second-order valence-corrected chi connectivity index (χ2v) is 13.7. The quantitative estimate of drug-likeness (QED) is 0.259. The molecule has 0 bridgehead atoms. The van der Waals surface area contributed by atoms with E-state index in [2.05, 4.69) is 88.7 Å². The van der Waals surface area contributed by atoms with Crippen LogP contribution < -0.4 is 27.0 Å². The average molecular weight is 569 g/mol. The highest BCUT2D eigenvalue weighted by Crippen LogP contribution is 2.53. The summed E-state index contributed by atoms with van der Waals surface area (Å²) < 4.78 is 2.55. The van der Waals surface area contributed by atoms with E-state index in [1.165, 1.54) is 15.9 Å². The van der Waals surface area contributed by atoms with Gasteiger partial charge in [-0.2, -0.15) is 4.98 Å². The molecule has 0 radical (unpaired) electrons. The van der Waals surface area contributed by atoms with Crippen LogP contribution in [0.25, 0.3) is 11.0 Å². The van der Waals surface area contributed by atoms with Crippen LogP contribution in [-0.2, 0) is 0 Å². The SMILES string of the molecule is Cc1c(Br)c(=O)n(C2CCCC2)c2nc([P+](c3ccccc3)(c3ccccc3)c3ccccc3)ncc12. The van der Waals surface area contributed by atoms with Crippen LogP contribution in [0.5, 0.6) is 0 Å². The maximum atomic E-state index is 13.6. The van der Waals surface area contributed by atoms with Crippen molar-refractivity contribution in [1.29, 1.82) is 0 Å². The van der Waals surface area contributed by atoms with Crippen molar-refractivity contribution in [1.82, 2.24) is 14.5 Å². The highest BCUT2D eigenvalue weighted by molar-refractivity contribution is 9.10. The van der Waals surface area contributed by atoms with Crippen molar-refractivity contribution in [2.24, 2.45) is 0 Å². The molecule has 6 heteroatoms. The van der Waals surface area contributed by atoms with Crippen LogP contribution in [0.1, 0.15) is 37.3 Å². The molecule has 2 heterocycles. The lowest BCUT2D eigenvalue weighted by molar-refractivity contribution is 0.514. The van der Waals surface area contributed by atoms with Crippen LogP contribution in [-0.4, -0.2) is 14.5 Å². The smallest absolute Gasteiger partial charge is 0.288 e. The van der Waals surface area contributed by atoms with Gasteiger partial charge in [0, 0.05) is 17.6 Å². The van der Waals surface area contributed by atoms with E-state index < -0.39 is 7.26 Å². The van der Waals surface area contributed by atoms with Crippen molar-refractivity contribution in [3.63, 3.8) is 0 Å². The minimum atomic E-state index is -2.45. The fourth-order valence-electron chi connectivity index (χ4n) is 5.70. The van der Waals surface area contributed by atoms with E-state index in [0.29, 0.717) is 4.47 Å². The molecule has 1 aliphatic rings. The summed E-state index contributed by atoms with van der Waals surface area (Å²) >= 11 is 3.58. The molecule has 184 valence electrons. The number of hydrogen-bond donors (Lipinski definition) is 0. The molecule has 6 rings (SSSR count). The number of aromatic nitrogens is 3. The molecular formula is C31H28BrN3OP+. The van der Waals surface area contributed by atoms with E-state index in [9.17, 15) is 4.79 Å². The van der Waals surface area contributed by atoms with Crippen molar-refractivity contribution in [3.8, 4) is 0 Å². The molecule has 0 saturated heterocycles. The maximum Gasteiger partial charge on any atom is 0.294 e. The fraction of sp³-hybridized carbons (Fsp3) is 0.194. The normalized spacial score (nSPS) is 14.3. The summed E-state index contributed by atoms with van der Waals surface area (Å²) in [6.45, 7) is 1.98. The number of rotatable bonds is 5. The molecule has 0 aliphatic heterocycles. The number of pyridine rings is 1. The van der Waals surface area contributed by atoms with Gasteiger partial charge in [0.2, 0.25) is 0 Å². The second kappa shape index (κ2) is 9.96. The Labute approximate surface area is 225 Å². The molecular weight excluding hydrogens is 541 g/mol. The van der Waals surface area contributed by atoms with E-state index in [0.717, 1.165) is 47.8 Å². The lowest BCUT2D eigenvalue weighted by Crippen LogP contribution is -2.41. The number of hydrogen-bond acceptors (Lipinski definition) is 3. The summed E-state index contributed by atoms with van der Waals surface area (Å²) in [4.78, 5) is 24.1. The molecule has 0 spiro atoms. The van der Waals surface area contributed by atoms with Gasteiger partial charge in [-0.25, -0.2) is 4.98 Å². The van der Waals surface area contributed by atoms with Gasteiger partial charge in [-0.05, 0) is 77.7 Å². The van der Waals surface area contributed by atoms with Crippen LogP contribution in [0.2, 0.25) is 0 Å². The highest BCUT2D eigenvalue weighted by Gasteiger charge is 2.51. The van der Waals surface area contributed by atoms with Gasteiger partial charge in [0.15, 0.2) is 12.9 Å². The highest BCUT2D eigenvalue weighted by atomic mass is 79.9. The monoisotopic (exact) mass is 568 g/mol. The van der Waals surface area contributed by atoms with E-state index in [-0.39, 0.29) is 11.6 Å². The molecule has 0 unspecified atom stereocenters. The van der Waals surface area contributed by atoms with Gasteiger partial charge in [0.25, 0.3) is 11.1 Å². The number of aryl methyl sites for hydroxylation is 1. The van der Waals surface area contributed by atoms with Gasteiger partial charge < -0.3 is 0 Å². The summed E-state index contributed by atoms with van der Waals surface area (Å²) in [5.74, 6) is 0. The maximum absolute atomic E-state index is 13.6. The second-order valence-electron chi connectivity index (χ2n) is 9.64. The first kappa shape index (κ1) is 24.2. The van der Waals surface area contributed by atoms with Crippen LogP contribution in [0.3, 0.4) is 0 Å². The van der Waals surface area contributed by atoms with Gasteiger partial charge in [0.05, 0.1) is 4.47 Å². The Kier molecular flexibility index (Phi) is 6.52. The third kappa shape index (κ3) is 3.96. The first-order valence-electron chi connectivity index (χ1n) is 12.8. The molecule has 2 aromatic heterocycles. The first-order valence-corrected chi connectivity index (χ1v) is 15.3. The van der Waals surface area contributed by atoms with E-state index in [1.807, 2.05) is 35.9 Å². The molecule has 0 atom stereocenters.